The largest absolute Gasteiger partial charge is 0.395 e. The molecule has 2 amide bonds. The number of thiazole rings is 1. The van der Waals surface area contributed by atoms with E-state index in [1.165, 1.54) is 4.90 Å². The van der Waals surface area contributed by atoms with Crippen molar-refractivity contribution in [1.29, 1.82) is 0 Å². The molecule has 0 aliphatic carbocycles. The minimum absolute atomic E-state index is 0.0588. The number of hydrogen-bond acceptors (Lipinski definition) is 4. The van der Waals surface area contributed by atoms with E-state index in [2.05, 4.69) is 16.9 Å². The molecule has 1 aromatic rings. The molecule has 0 aromatic carbocycles. The van der Waals surface area contributed by atoms with Crippen LogP contribution in [-0.4, -0.2) is 40.7 Å². The Bertz CT molecular complexity index is 398. The summed E-state index contributed by atoms with van der Waals surface area (Å²) < 4.78 is 0. The van der Waals surface area contributed by atoms with Gasteiger partial charge >= 0.3 is 6.03 Å². The van der Waals surface area contributed by atoms with Crippen molar-refractivity contribution in [1.82, 2.24) is 15.2 Å². The number of carbonyl (C=O) groups excluding carboxylic acids is 1. The van der Waals surface area contributed by atoms with Crippen LogP contribution in [-0.2, 0) is 6.54 Å². The molecule has 0 aliphatic heterocycles. The summed E-state index contributed by atoms with van der Waals surface area (Å²) in [7, 11) is 0. The minimum atomic E-state index is -0.213. The van der Waals surface area contributed by atoms with Crippen LogP contribution in [0.3, 0.4) is 0 Å². The Morgan fingerprint density at radius 3 is 2.83 bits per heavy atom. The third-order valence-electron chi connectivity index (χ3n) is 2.47. The maximum Gasteiger partial charge on any atom is 0.318 e. The van der Waals surface area contributed by atoms with E-state index in [0.29, 0.717) is 19.6 Å². The van der Waals surface area contributed by atoms with Gasteiger partial charge < -0.3 is 15.3 Å². The van der Waals surface area contributed by atoms with Gasteiger partial charge in [0.1, 0.15) is 5.01 Å². The lowest BCUT2D eigenvalue weighted by Gasteiger charge is -2.20. The Morgan fingerprint density at radius 1 is 1.61 bits per heavy atom. The van der Waals surface area contributed by atoms with Gasteiger partial charge in [0.2, 0.25) is 0 Å². The summed E-state index contributed by atoms with van der Waals surface area (Å²) in [6.45, 7) is 8.62. The molecular weight excluding hydrogens is 250 g/mol. The van der Waals surface area contributed by atoms with Crippen molar-refractivity contribution in [3.05, 3.63) is 28.2 Å². The Kier molecular flexibility index (Phi) is 5.80. The summed E-state index contributed by atoms with van der Waals surface area (Å²) in [5, 5.41) is 12.5. The van der Waals surface area contributed by atoms with Gasteiger partial charge in [0.25, 0.3) is 0 Å². The molecule has 100 valence electrons. The molecular formula is C12H19N3O2S. The fraction of sp³-hybridized carbons (Fsp3) is 0.500. The fourth-order valence-corrected chi connectivity index (χ4v) is 2.30. The van der Waals surface area contributed by atoms with E-state index >= 15 is 0 Å². The van der Waals surface area contributed by atoms with Crippen molar-refractivity contribution in [2.24, 2.45) is 0 Å². The molecule has 6 heteroatoms. The topological polar surface area (TPSA) is 65.5 Å². The van der Waals surface area contributed by atoms with Crippen molar-refractivity contribution in [3.8, 4) is 0 Å². The monoisotopic (exact) mass is 269 g/mol. The van der Waals surface area contributed by atoms with Gasteiger partial charge in [0.05, 0.1) is 18.8 Å². The Hall–Kier alpha value is -1.40. The lowest BCUT2D eigenvalue weighted by molar-refractivity contribution is 0.183. The summed E-state index contributed by atoms with van der Waals surface area (Å²) in [4.78, 5) is 18.8. The first-order valence-corrected chi connectivity index (χ1v) is 6.57. The summed E-state index contributed by atoms with van der Waals surface area (Å²) in [5.74, 6) is 0. The van der Waals surface area contributed by atoms with E-state index in [0.717, 1.165) is 15.6 Å². The Balaban J connectivity index is 2.50. The van der Waals surface area contributed by atoms with Crippen LogP contribution in [0.1, 0.15) is 15.6 Å². The number of aliphatic hydroxyl groups excluding tert-OH is 1. The van der Waals surface area contributed by atoms with Crippen LogP contribution in [0, 0.1) is 13.8 Å². The minimum Gasteiger partial charge on any atom is -0.395 e. The van der Waals surface area contributed by atoms with Gasteiger partial charge in [-0.2, -0.15) is 0 Å². The van der Waals surface area contributed by atoms with Crippen molar-refractivity contribution in [3.63, 3.8) is 0 Å². The van der Waals surface area contributed by atoms with Crippen LogP contribution in [0.15, 0.2) is 12.7 Å². The van der Waals surface area contributed by atoms with Gasteiger partial charge in [0.15, 0.2) is 0 Å². The number of aromatic nitrogens is 1. The second-order valence-corrected chi connectivity index (χ2v) is 5.15. The zero-order valence-corrected chi connectivity index (χ0v) is 11.6. The Morgan fingerprint density at radius 2 is 2.33 bits per heavy atom. The summed E-state index contributed by atoms with van der Waals surface area (Å²) in [6.07, 6.45) is 1.63. The number of amides is 2. The molecule has 0 saturated heterocycles. The lowest BCUT2D eigenvalue weighted by atomic mass is 10.4. The van der Waals surface area contributed by atoms with E-state index in [4.69, 9.17) is 5.11 Å². The standard InChI is InChI=1S/C12H19N3O2S/c1-4-5-15(6-7-16)12(17)13-8-11-14-9(2)10(3)18-11/h4,16H,1,5-8H2,2-3H3,(H,13,17). The predicted octanol–water partition coefficient (Wildman–Crippen LogP) is 1.45. The SMILES string of the molecule is C=CCN(CCO)C(=O)NCc1nc(C)c(C)s1. The first-order chi connectivity index (χ1) is 8.58. The number of rotatable bonds is 6. The highest BCUT2D eigenvalue weighted by molar-refractivity contribution is 7.11. The third kappa shape index (κ3) is 4.12. The third-order valence-corrected chi connectivity index (χ3v) is 3.54. The highest BCUT2D eigenvalue weighted by atomic mass is 32.1. The molecule has 1 rings (SSSR count). The average molecular weight is 269 g/mol. The highest BCUT2D eigenvalue weighted by Crippen LogP contribution is 2.15. The van der Waals surface area contributed by atoms with E-state index in [9.17, 15) is 4.79 Å². The van der Waals surface area contributed by atoms with Gasteiger partial charge in [-0.3, -0.25) is 0 Å². The van der Waals surface area contributed by atoms with Crippen LogP contribution in [0.5, 0.6) is 0 Å². The molecule has 0 spiro atoms. The number of aryl methyl sites for hydroxylation is 2. The van der Waals surface area contributed by atoms with Gasteiger partial charge in [-0.1, -0.05) is 6.08 Å². The van der Waals surface area contributed by atoms with Crippen LogP contribution >= 0.6 is 11.3 Å². The quantitative estimate of drug-likeness (QED) is 0.768. The van der Waals surface area contributed by atoms with Crippen LogP contribution < -0.4 is 5.32 Å². The molecule has 0 saturated carbocycles. The second kappa shape index (κ2) is 7.13. The maximum absolute atomic E-state index is 11.8. The molecule has 1 heterocycles. The second-order valence-electron chi connectivity index (χ2n) is 3.87. The number of aliphatic hydroxyl groups is 1. The van der Waals surface area contributed by atoms with E-state index in [1.807, 2.05) is 13.8 Å². The molecule has 18 heavy (non-hydrogen) atoms. The summed E-state index contributed by atoms with van der Waals surface area (Å²) >= 11 is 1.58. The van der Waals surface area contributed by atoms with Gasteiger partial charge in [-0.05, 0) is 13.8 Å². The molecule has 5 nitrogen and oxygen atoms in total. The van der Waals surface area contributed by atoms with Crippen molar-refractivity contribution >= 4 is 17.4 Å². The molecule has 0 aliphatic rings. The van der Waals surface area contributed by atoms with E-state index in [1.54, 1.807) is 17.4 Å². The van der Waals surface area contributed by atoms with Gasteiger partial charge in [-0.15, -0.1) is 17.9 Å². The molecule has 0 atom stereocenters. The van der Waals surface area contributed by atoms with Crippen molar-refractivity contribution < 1.29 is 9.90 Å². The van der Waals surface area contributed by atoms with Gasteiger partial charge in [0, 0.05) is 18.0 Å². The lowest BCUT2D eigenvalue weighted by Crippen LogP contribution is -2.41. The number of hydrogen-bond donors (Lipinski definition) is 2. The van der Waals surface area contributed by atoms with Crippen molar-refractivity contribution in [2.45, 2.75) is 20.4 Å². The van der Waals surface area contributed by atoms with Crippen LogP contribution in [0.2, 0.25) is 0 Å². The zero-order chi connectivity index (χ0) is 13.5. The average Bonchev–Trinajstić information content (AvgIpc) is 2.65. The Labute approximate surface area is 111 Å². The zero-order valence-electron chi connectivity index (χ0n) is 10.8. The van der Waals surface area contributed by atoms with E-state index in [-0.39, 0.29) is 12.6 Å². The molecule has 0 unspecified atom stereocenters. The number of nitrogens with zero attached hydrogens (tertiary/aromatic N) is 2. The molecule has 0 fully saturated rings. The summed E-state index contributed by atoms with van der Waals surface area (Å²) in [6, 6.07) is -0.213. The normalized spacial score (nSPS) is 10.2. The smallest absolute Gasteiger partial charge is 0.318 e. The van der Waals surface area contributed by atoms with Crippen molar-refractivity contribution in [2.75, 3.05) is 19.7 Å². The first kappa shape index (κ1) is 14.7. The molecule has 2 N–H and O–H groups in total. The van der Waals surface area contributed by atoms with Crippen LogP contribution in [0.4, 0.5) is 4.79 Å². The predicted molar refractivity (Wildman–Crippen MR) is 72.7 cm³/mol. The highest BCUT2D eigenvalue weighted by Gasteiger charge is 2.12. The fourth-order valence-electron chi connectivity index (χ4n) is 1.43. The summed E-state index contributed by atoms with van der Waals surface area (Å²) in [5.41, 5.74) is 1.00. The first-order valence-electron chi connectivity index (χ1n) is 5.76. The van der Waals surface area contributed by atoms with Gasteiger partial charge in [-0.25, -0.2) is 9.78 Å². The molecule has 0 bridgehead atoms. The number of nitrogens with one attached hydrogen (secondary N) is 1. The maximum atomic E-state index is 11.8. The number of carbonyl (C=O) groups is 1. The molecule has 1 aromatic heterocycles. The number of urea groups is 1. The van der Waals surface area contributed by atoms with Crippen LogP contribution in [0.25, 0.3) is 0 Å². The van der Waals surface area contributed by atoms with E-state index < -0.39 is 0 Å². The molecule has 0 radical (unpaired) electrons.